The Labute approximate surface area is 142 Å². The van der Waals surface area contributed by atoms with Crippen molar-refractivity contribution in [1.82, 2.24) is 5.32 Å². The van der Waals surface area contributed by atoms with E-state index in [1.165, 1.54) is 22.3 Å². The zero-order valence-corrected chi connectivity index (χ0v) is 14.0. The minimum atomic E-state index is -0.290. The van der Waals surface area contributed by atoms with Crippen LogP contribution in [0.15, 0.2) is 42.5 Å². The summed E-state index contributed by atoms with van der Waals surface area (Å²) in [6, 6.07) is 14.8. The largest absolute Gasteiger partial charge is 0.326 e. The maximum absolute atomic E-state index is 12.5. The Hall–Kier alpha value is -1.84. The lowest BCUT2D eigenvalue weighted by Crippen LogP contribution is -2.35. The van der Waals surface area contributed by atoms with Gasteiger partial charge < -0.3 is 10.6 Å². The fraction of sp³-hybridized carbons (Fsp3) is 0.316. The highest BCUT2D eigenvalue weighted by Crippen LogP contribution is 2.38. The van der Waals surface area contributed by atoms with Crippen LogP contribution < -0.4 is 10.6 Å². The number of hydrogen-bond acceptors (Lipinski definition) is 2. The van der Waals surface area contributed by atoms with Gasteiger partial charge >= 0.3 is 0 Å². The van der Waals surface area contributed by atoms with Crippen LogP contribution in [0.5, 0.6) is 0 Å². The van der Waals surface area contributed by atoms with Crippen molar-refractivity contribution in [1.29, 1.82) is 0 Å². The highest BCUT2D eigenvalue weighted by Gasteiger charge is 2.36. The van der Waals surface area contributed by atoms with Crippen molar-refractivity contribution in [2.75, 3.05) is 18.4 Å². The Bertz CT molecular complexity index is 751. The van der Waals surface area contributed by atoms with Crippen LogP contribution in [0.25, 0.3) is 11.1 Å². The number of carbonyl (C=O) groups is 1. The second-order valence-corrected chi connectivity index (χ2v) is 6.65. The van der Waals surface area contributed by atoms with E-state index < -0.39 is 0 Å². The zero-order valence-electron chi connectivity index (χ0n) is 13.2. The van der Waals surface area contributed by atoms with Crippen molar-refractivity contribution in [3.05, 3.63) is 53.6 Å². The van der Waals surface area contributed by atoms with Crippen LogP contribution in [-0.2, 0) is 11.2 Å². The molecule has 0 radical (unpaired) electrons. The molecule has 0 saturated carbocycles. The van der Waals surface area contributed by atoms with Gasteiger partial charge in [0, 0.05) is 12.2 Å². The molecular weight excluding hydrogens is 308 g/mol. The van der Waals surface area contributed by atoms with Gasteiger partial charge in [-0.15, -0.1) is 12.4 Å². The molecule has 23 heavy (non-hydrogen) atoms. The van der Waals surface area contributed by atoms with E-state index >= 15 is 0 Å². The van der Waals surface area contributed by atoms with Crippen molar-refractivity contribution >= 4 is 24.0 Å². The number of fused-ring (bicyclic) bond motifs is 3. The lowest BCUT2D eigenvalue weighted by atomic mass is 9.88. The SMILES string of the molecule is CC1(C(=O)Nc2ccc3c(c2)Cc2ccccc2-3)CCNC1.Cl. The number of nitrogens with one attached hydrogen (secondary N) is 2. The highest BCUT2D eigenvalue weighted by atomic mass is 35.5. The lowest BCUT2D eigenvalue weighted by Gasteiger charge is -2.21. The van der Waals surface area contributed by atoms with Crippen molar-refractivity contribution in [3.8, 4) is 11.1 Å². The molecule has 1 saturated heterocycles. The topological polar surface area (TPSA) is 41.1 Å². The predicted molar refractivity (Wildman–Crippen MR) is 96.2 cm³/mol. The molecule has 2 N–H and O–H groups in total. The van der Waals surface area contributed by atoms with Crippen LogP contribution in [0, 0.1) is 5.41 Å². The molecule has 4 heteroatoms. The smallest absolute Gasteiger partial charge is 0.231 e. The summed E-state index contributed by atoms with van der Waals surface area (Å²) >= 11 is 0. The first kappa shape index (κ1) is 16.0. The number of amides is 1. The molecule has 3 nitrogen and oxygen atoms in total. The zero-order chi connectivity index (χ0) is 15.2. The van der Waals surface area contributed by atoms with E-state index in [0.717, 1.165) is 31.6 Å². The summed E-state index contributed by atoms with van der Waals surface area (Å²) in [5, 5.41) is 6.37. The van der Waals surface area contributed by atoms with Gasteiger partial charge in [0.05, 0.1) is 5.41 Å². The number of carbonyl (C=O) groups excluding carboxylic acids is 1. The summed E-state index contributed by atoms with van der Waals surface area (Å²) in [6.07, 6.45) is 1.85. The number of benzene rings is 2. The maximum Gasteiger partial charge on any atom is 0.231 e. The van der Waals surface area contributed by atoms with E-state index in [4.69, 9.17) is 0 Å². The Balaban J connectivity index is 0.00000156. The monoisotopic (exact) mass is 328 g/mol. The van der Waals surface area contributed by atoms with Gasteiger partial charge in [-0.25, -0.2) is 0 Å². The predicted octanol–water partition coefficient (Wildman–Crippen LogP) is 3.62. The second kappa shape index (κ2) is 5.99. The van der Waals surface area contributed by atoms with Gasteiger partial charge in [0.2, 0.25) is 5.91 Å². The standard InChI is InChI=1S/C19H20N2O.ClH/c1-19(8-9-20-12-19)18(22)21-15-6-7-17-14(11-15)10-13-4-2-3-5-16(13)17;/h2-7,11,20H,8-10,12H2,1H3,(H,21,22);1H. The number of halogens is 1. The summed E-state index contributed by atoms with van der Waals surface area (Å²) in [5.74, 6) is 0.118. The molecule has 1 fully saturated rings. The van der Waals surface area contributed by atoms with E-state index in [1.807, 2.05) is 13.0 Å². The Kier molecular flexibility index (Phi) is 4.17. The van der Waals surface area contributed by atoms with Gasteiger partial charge in [-0.2, -0.15) is 0 Å². The van der Waals surface area contributed by atoms with Gasteiger partial charge in [0.25, 0.3) is 0 Å². The first-order valence-electron chi connectivity index (χ1n) is 7.89. The molecule has 1 heterocycles. The van der Waals surface area contributed by atoms with Gasteiger partial charge in [0.1, 0.15) is 0 Å². The second-order valence-electron chi connectivity index (χ2n) is 6.65. The van der Waals surface area contributed by atoms with E-state index in [-0.39, 0.29) is 23.7 Å². The van der Waals surface area contributed by atoms with Crippen molar-refractivity contribution < 1.29 is 4.79 Å². The van der Waals surface area contributed by atoms with Crippen LogP contribution in [0.2, 0.25) is 0 Å². The van der Waals surface area contributed by atoms with E-state index in [2.05, 4.69) is 47.0 Å². The first-order chi connectivity index (χ1) is 10.7. The molecule has 120 valence electrons. The summed E-state index contributed by atoms with van der Waals surface area (Å²) in [7, 11) is 0. The number of rotatable bonds is 2. The Morgan fingerprint density at radius 3 is 2.70 bits per heavy atom. The number of hydrogen-bond donors (Lipinski definition) is 2. The third kappa shape index (κ3) is 2.75. The van der Waals surface area contributed by atoms with Gasteiger partial charge in [0.15, 0.2) is 0 Å². The Morgan fingerprint density at radius 1 is 1.13 bits per heavy atom. The van der Waals surface area contributed by atoms with Gasteiger partial charge in [-0.3, -0.25) is 4.79 Å². The summed E-state index contributed by atoms with van der Waals surface area (Å²) in [4.78, 5) is 12.5. The summed E-state index contributed by atoms with van der Waals surface area (Å²) in [5.41, 5.74) is 5.90. The first-order valence-corrected chi connectivity index (χ1v) is 7.89. The normalized spacial score (nSPS) is 21.3. The van der Waals surface area contributed by atoms with E-state index in [1.54, 1.807) is 0 Å². The van der Waals surface area contributed by atoms with Crippen molar-refractivity contribution in [2.45, 2.75) is 19.8 Å². The molecule has 1 aliphatic carbocycles. The quantitative estimate of drug-likeness (QED) is 0.754. The molecule has 1 atom stereocenters. The molecule has 2 aromatic rings. The molecule has 1 unspecified atom stereocenters. The van der Waals surface area contributed by atoms with Crippen molar-refractivity contribution in [3.63, 3.8) is 0 Å². The van der Waals surface area contributed by atoms with Crippen LogP contribution in [0.4, 0.5) is 5.69 Å². The van der Waals surface area contributed by atoms with Gasteiger partial charge in [-0.05, 0) is 60.7 Å². The average Bonchev–Trinajstić information content (AvgIpc) is 3.11. The molecule has 1 amide bonds. The molecule has 0 aromatic heterocycles. The van der Waals surface area contributed by atoms with Crippen LogP contribution in [0.1, 0.15) is 24.5 Å². The third-order valence-corrected chi connectivity index (χ3v) is 4.97. The van der Waals surface area contributed by atoms with Crippen LogP contribution in [0.3, 0.4) is 0 Å². The molecule has 2 aromatic carbocycles. The lowest BCUT2D eigenvalue weighted by molar-refractivity contribution is -0.123. The molecule has 1 aliphatic heterocycles. The maximum atomic E-state index is 12.5. The van der Waals surface area contributed by atoms with Crippen LogP contribution >= 0.6 is 12.4 Å². The van der Waals surface area contributed by atoms with E-state index in [0.29, 0.717) is 0 Å². The fourth-order valence-corrected chi connectivity index (χ4v) is 3.52. The average molecular weight is 329 g/mol. The van der Waals surface area contributed by atoms with E-state index in [9.17, 15) is 4.79 Å². The van der Waals surface area contributed by atoms with Crippen LogP contribution in [-0.4, -0.2) is 19.0 Å². The summed E-state index contributed by atoms with van der Waals surface area (Å²) < 4.78 is 0. The van der Waals surface area contributed by atoms with Gasteiger partial charge in [-0.1, -0.05) is 30.3 Å². The summed E-state index contributed by atoms with van der Waals surface area (Å²) in [6.45, 7) is 3.71. The molecular formula is C19H21ClN2O. The number of anilines is 1. The minimum absolute atomic E-state index is 0. The third-order valence-electron chi connectivity index (χ3n) is 4.97. The fourth-order valence-electron chi connectivity index (χ4n) is 3.52. The highest BCUT2D eigenvalue weighted by molar-refractivity contribution is 5.96. The molecule has 4 rings (SSSR count). The molecule has 0 bridgehead atoms. The minimum Gasteiger partial charge on any atom is -0.326 e. The molecule has 0 spiro atoms. The van der Waals surface area contributed by atoms with Crippen molar-refractivity contribution in [2.24, 2.45) is 5.41 Å². The molecule has 2 aliphatic rings. The Morgan fingerprint density at radius 2 is 1.91 bits per heavy atom.